The van der Waals surface area contributed by atoms with E-state index in [4.69, 9.17) is 0 Å². The molecule has 2 aliphatic rings. The van der Waals surface area contributed by atoms with Crippen LogP contribution in [0.25, 0.3) is 0 Å². The minimum Gasteiger partial charge on any atom is -0.295 e. The summed E-state index contributed by atoms with van der Waals surface area (Å²) in [5, 5.41) is 3.48. The molecule has 5 amide bonds. The molecule has 2 heterocycles. The molecule has 0 aliphatic carbocycles. The van der Waals surface area contributed by atoms with Crippen molar-refractivity contribution >= 4 is 35.1 Å². The van der Waals surface area contributed by atoms with Crippen molar-refractivity contribution in [2.45, 2.75) is 13.8 Å². The molecule has 2 fully saturated rings. The topological polar surface area (TPSA) is 98.8 Å². The van der Waals surface area contributed by atoms with Gasteiger partial charge in [0.2, 0.25) is 0 Å². The van der Waals surface area contributed by atoms with Crippen LogP contribution < -0.4 is 20.7 Å². The SMILES string of the molecule is C=C1NN(c2ccccc2)C(=O)[C@H]1/C=C1\C(=O)NC(=O)N(c2ccc(C)c(C)c2)C1=O. The molecule has 8 nitrogen and oxygen atoms in total. The lowest BCUT2D eigenvalue weighted by atomic mass is 10.00. The number of carbonyl (C=O) groups excluding carboxylic acids is 4. The van der Waals surface area contributed by atoms with Crippen LogP contribution in [0.4, 0.5) is 16.2 Å². The number of benzene rings is 2. The van der Waals surface area contributed by atoms with E-state index in [1.54, 1.807) is 42.5 Å². The van der Waals surface area contributed by atoms with Crippen LogP contribution in [0.1, 0.15) is 11.1 Å². The lowest BCUT2D eigenvalue weighted by Gasteiger charge is -2.27. The molecule has 156 valence electrons. The Morgan fingerprint density at radius 3 is 2.32 bits per heavy atom. The minimum atomic E-state index is -0.945. The zero-order chi connectivity index (χ0) is 22.3. The van der Waals surface area contributed by atoms with E-state index in [1.807, 2.05) is 19.9 Å². The Balaban J connectivity index is 1.67. The highest BCUT2D eigenvalue weighted by molar-refractivity contribution is 6.37. The number of anilines is 2. The molecule has 2 saturated heterocycles. The van der Waals surface area contributed by atoms with Crippen LogP contribution >= 0.6 is 0 Å². The second kappa shape index (κ2) is 7.56. The number of para-hydroxylation sites is 1. The molecule has 0 radical (unpaired) electrons. The third-order valence-corrected chi connectivity index (χ3v) is 5.32. The van der Waals surface area contributed by atoms with E-state index in [0.717, 1.165) is 16.0 Å². The van der Waals surface area contributed by atoms with Crippen LogP contribution in [0.3, 0.4) is 0 Å². The van der Waals surface area contributed by atoms with Crippen LogP contribution in [-0.4, -0.2) is 23.8 Å². The molecule has 1 atom stereocenters. The lowest BCUT2D eigenvalue weighted by Crippen LogP contribution is -2.54. The van der Waals surface area contributed by atoms with Gasteiger partial charge in [-0.1, -0.05) is 30.8 Å². The highest BCUT2D eigenvalue weighted by atomic mass is 16.2. The molecule has 0 spiro atoms. The predicted molar refractivity (Wildman–Crippen MR) is 115 cm³/mol. The van der Waals surface area contributed by atoms with E-state index in [-0.39, 0.29) is 11.5 Å². The third-order valence-electron chi connectivity index (χ3n) is 5.32. The third kappa shape index (κ3) is 3.48. The van der Waals surface area contributed by atoms with E-state index in [0.29, 0.717) is 17.1 Å². The maximum absolute atomic E-state index is 13.1. The van der Waals surface area contributed by atoms with Crippen molar-refractivity contribution in [3.8, 4) is 0 Å². The monoisotopic (exact) mass is 416 g/mol. The zero-order valence-corrected chi connectivity index (χ0v) is 17.0. The predicted octanol–water partition coefficient (Wildman–Crippen LogP) is 2.49. The van der Waals surface area contributed by atoms with Crippen LogP contribution in [-0.2, 0) is 14.4 Å². The van der Waals surface area contributed by atoms with Gasteiger partial charge >= 0.3 is 6.03 Å². The van der Waals surface area contributed by atoms with Crippen molar-refractivity contribution in [3.63, 3.8) is 0 Å². The van der Waals surface area contributed by atoms with Gasteiger partial charge in [-0.2, -0.15) is 0 Å². The Hall–Kier alpha value is -4.20. The standard InChI is InChI=1S/C23H20N4O4/c1-13-9-10-17(11-14(13)2)26-21(29)19(20(28)24-23(26)31)12-18-15(3)25-27(22(18)30)16-7-5-4-6-8-16/h4-12,18,25H,3H2,1-2H3,(H,24,28,31)/b19-12+/t18-/m0/s1. The number of aryl methyl sites for hydroxylation is 2. The Labute approximate surface area is 178 Å². The van der Waals surface area contributed by atoms with E-state index in [2.05, 4.69) is 17.3 Å². The van der Waals surface area contributed by atoms with Gasteiger partial charge in [0.05, 0.1) is 11.4 Å². The number of hydrogen-bond acceptors (Lipinski definition) is 5. The molecule has 2 N–H and O–H groups in total. The number of imide groups is 2. The first-order valence-electron chi connectivity index (χ1n) is 9.61. The second-order valence-electron chi connectivity index (χ2n) is 7.37. The number of hydrogen-bond donors (Lipinski definition) is 2. The van der Waals surface area contributed by atoms with Crippen molar-refractivity contribution < 1.29 is 19.2 Å². The smallest absolute Gasteiger partial charge is 0.295 e. The second-order valence-corrected chi connectivity index (χ2v) is 7.37. The van der Waals surface area contributed by atoms with Gasteiger partial charge in [0, 0.05) is 5.70 Å². The van der Waals surface area contributed by atoms with Crippen molar-refractivity contribution in [2.75, 3.05) is 9.91 Å². The molecule has 0 aromatic heterocycles. The summed E-state index contributed by atoms with van der Waals surface area (Å²) in [5.41, 5.74) is 5.72. The summed E-state index contributed by atoms with van der Waals surface area (Å²) < 4.78 is 0. The number of urea groups is 1. The number of rotatable bonds is 3. The summed E-state index contributed by atoms with van der Waals surface area (Å²) in [6.07, 6.45) is 1.25. The Bertz CT molecular complexity index is 1170. The molecule has 2 aromatic rings. The number of barbiturate groups is 1. The number of hydrazine groups is 1. The largest absolute Gasteiger partial charge is 0.335 e. The van der Waals surface area contributed by atoms with E-state index >= 15 is 0 Å². The molecule has 0 unspecified atom stereocenters. The average Bonchev–Trinajstić information content (AvgIpc) is 3.02. The molecule has 8 heteroatoms. The summed E-state index contributed by atoms with van der Waals surface area (Å²) in [5.74, 6) is -2.98. The molecular formula is C23H20N4O4. The van der Waals surface area contributed by atoms with Crippen LogP contribution in [0.15, 0.2) is 72.5 Å². The first kappa shape index (κ1) is 20.1. The van der Waals surface area contributed by atoms with Gasteiger partial charge in [-0.05, 0) is 55.3 Å². The highest BCUT2D eigenvalue weighted by Gasteiger charge is 2.41. The molecule has 2 aliphatic heterocycles. The van der Waals surface area contributed by atoms with E-state index < -0.39 is 23.8 Å². The fourth-order valence-electron chi connectivity index (χ4n) is 3.44. The highest BCUT2D eigenvalue weighted by Crippen LogP contribution is 2.28. The minimum absolute atomic E-state index is 0.297. The first-order chi connectivity index (χ1) is 14.8. The first-order valence-corrected chi connectivity index (χ1v) is 9.61. The summed E-state index contributed by atoms with van der Waals surface area (Å²) >= 11 is 0. The van der Waals surface area contributed by atoms with Crippen molar-refractivity contribution in [1.82, 2.24) is 10.7 Å². The molecule has 31 heavy (non-hydrogen) atoms. The normalized spacial score (nSPS) is 20.4. The number of amides is 5. The van der Waals surface area contributed by atoms with Gasteiger partial charge in [-0.15, -0.1) is 0 Å². The fourth-order valence-corrected chi connectivity index (χ4v) is 3.44. The van der Waals surface area contributed by atoms with Crippen LogP contribution in [0, 0.1) is 19.8 Å². The quantitative estimate of drug-likeness (QED) is 0.592. The van der Waals surface area contributed by atoms with Gasteiger partial charge in [0.15, 0.2) is 0 Å². The lowest BCUT2D eigenvalue weighted by molar-refractivity contribution is -0.122. The summed E-state index contributed by atoms with van der Waals surface area (Å²) in [7, 11) is 0. The van der Waals surface area contributed by atoms with Crippen LogP contribution in [0.2, 0.25) is 0 Å². The van der Waals surface area contributed by atoms with Gasteiger partial charge in [-0.25, -0.2) is 14.7 Å². The van der Waals surface area contributed by atoms with E-state index in [9.17, 15) is 19.2 Å². The Morgan fingerprint density at radius 2 is 1.65 bits per heavy atom. The van der Waals surface area contributed by atoms with Gasteiger partial charge < -0.3 is 0 Å². The molecule has 0 bridgehead atoms. The van der Waals surface area contributed by atoms with Gasteiger partial charge in [0.1, 0.15) is 11.5 Å². The number of carbonyl (C=O) groups is 4. The maximum atomic E-state index is 13.1. The van der Waals surface area contributed by atoms with Crippen LogP contribution in [0.5, 0.6) is 0 Å². The average molecular weight is 416 g/mol. The Morgan fingerprint density at radius 1 is 0.935 bits per heavy atom. The van der Waals surface area contributed by atoms with Crippen molar-refractivity contribution in [3.05, 3.63) is 83.6 Å². The molecule has 2 aromatic carbocycles. The number of nitrogens with zero attached hydrogens (tertiary/aromatic N) is 2. The molecule has 4 rings (SSSR count). The Kier molecular flexibility index (Phi) is 4.90. The van der Waals surface area contributed by atoms with E-state index in [1.165, 1.54) is 11.1 Å². The molecular weight excluding hydrogens is 396 g/mol. The zero-order valence-electron chi connectivity index (χ0n) is 17.0. The van der Waals surface area contributed by atoms with Crippen molar-refractivity contribution in [1.29, 1.82) is 0 Å². The van der Waals surface area contributed by atoms with Crippen molar-refractivity contribution in [2.24, 2.45) is 5.92 Å². The summed E-state index contributed by atoms with van der Waals surface area (Å²) in [6.45, 7) is 7.62. The summed E-state index contributed by atoms with van der Waals surface area (Å²) in [4.78, 5) is 51.8. The number of nitrogens with one attached hydrogen (secondary N) is 2. The van der Waals surface area contributed by atoms with Gasteiger partial charge in [0.25, 0.3) is 17.7 Å². The fraction of sp³-hybridized carbons (Fsp3) is 0.130. The van der Waals surface area contributed by atoms with Gasteiger partial charge in [-0.3, -0.25) is 25.1 Å². The molecule has 0 saturated carbocycles. The summed E-state index contributed by atoms with van der Waals surface area (Å²) in [6, 6.07) is 13.1. The maximum Gasteiger partial charge on any atom is 0.335 e.